The second kappa shape index (κ2) is 7.77. The van der Waals surface area contributed by atoms with Crippen LogP contribution in [0.4, 0.5) is 5.95 Å². The number of aryl methyl sites for hydroxylation is 1. The molecule has 142 valence electrons. The van der Waals surface area contributed by atoms with E-state index in [1.165, 1.54) is 0 Å². The molecular weight excluding hydrogens is 360 g/mol. The lowest BCUT2D eigenvalue weighted by Crippen LogP contribution is -2.46. The third-order valence-electron chi connectivity index (χ3n) is 4.88. The molecule has 1 aliphatic heterocycles. The zero-order valence-corrected chi connectivity index (χ0v) is 16.8. The molecule has 0 N–H and O–H groups in total. The number of likely N-dealkylation sites (N-methyl/N-ethyl adjacent to an activating group) is 1. The van der Waals surface area contributed by atoms with E-state index in [2.05, 4.69) is 43.7 Å². The standard InChI is InChI=1S/C18H24N8S/c1-4-24-8-10-25(11-9-24)16-19-7-6-15(21-16)14-12-20-17-22-18(27-5-2)23-26(17)13(14)3/h6-7,12H,4-5,8-11H2,1-3H3. The maximum Gasteiger partial charge on any atom is 0.253 e. The van der Waals surface area contributed by atoms with Gasteiger partial charge >= 0.3 is 0 Å². The molecule has 1 fully saturated rings. The zero-order valence-electron chi connectivity index (χ0n) is 16.0. The van der Waals surface area contributed by atoms with Crippen molar-refractivity contribution in [2.45, 2.75) is 25.9 Å². The smallest absolute Gasteiger partial charge is 0.253 e. The van der Waals surface area contributed by atoms with Crippen molar-refractivity contribution in [3.05, 3.63) is 24.2 Å². The lowest BCUT2D eigenvalue weighted by Gasteiger charge is -2.34. The Bertz CT molecular complexity index is 932. The van der Waals surface area contributed by atoms with E-state index in [9.17, 15) is 0 Å². The molecule has 3 aromatic heterocycles. The first-order valence-corrected chi connectivity index (χ1v) is 10.3. The van der Waals surface area contributed by atoms with Crippen LogP contribution in [0.3, 0.4) is 0 Å². The highest BCUT2D eigenvalue weighted by atomic mass is 32.2. The monoisotopic (exact) mass is 384 g/mol. The summed E-state index contributed by atoms with van der Waals surface area (Å²) >= 11 is 1.62. The summed E-state index contributed by atoms with van der Waals surface area (Å²) in [6.07, 6.45) is 3.66. The molecule has 0 spiro atoms. The van der Waals surface area contributed by atoms with Gasteiger partial charge in [0.05, 0.1) is 11.4 Å². The Hall–Kier alpha value is -2.26. The highest BCUT2D eigenvalue weighted by Crippen LogP contribution is 2.24. The van der Waals surface area contributed by atoms with E-state index in [1.54, 1.807) is 16.3 Å². The van der Waals surface area contributed by atoms with Crippen LogP contribution in [0.5, 0.6) is 0 Å². The fourth-order valence-electron chi connectivity index (χ4n) is 3.28. The van der Waals surface area contributed by atoms with Crippen LogP contribution in [0.1, 0.15) is 19.5 Å². The van der Waals surface area contributed by atoms with Crippen molar-refractivity contribution in [3.63, 3.8) is 0 Å². The Morgan fingerprint density at radius 1 is 1.07 bits per heavy atom. The molecule has 0 radical (unpaired) electrons. The van der Waals surface area contributed by atoms with Crippen molar-refractivity contribution < 1.29 is 0 Å². The summed E-state index contributed by atoms with van der Waals surface area (Å²) in [4.78, 5) is 23.0. The Kier molecular flexibility index (Phi) is 5.22. The lowest BCUT2D eigenvalue weighted by molar-refractivity contribution is 0.270. The molecule has 3 aromatic rings. The third kappa shape index (κ3) is 3.61. The van der Waals surface area contributed by atoms with Crippen LogP contribution < -0.4 is 4.90 Å². The van der Waals surface area contributed by atoms with E-state index in [1.807, 2.05) is 25.4 Å². The maximum atomic E-state index is 4.82. The predicted octanol–water partition coefficient (Wildman–Crippen LogP) is 2.14. The molecule has 0 aliphatic carbocycles. The topological polar surface area (TPSA) is 75.3 Å². The van der Waals surface area contributed by atoms with Crippen molar-refractivity contribution in [2.75, 3.05) is 43.4 Å². The van der Waals surface area contributed by atoms with Crippen LogP contribution in [-0.2, 0) is 0 Å². The number of thioether (sulfide) groups is 1. The van der Waals surface area contributed by atoms with Crippen LogP contribution in [0.15, 0.2) is 23.6 Å². The molecule has 0 amide bonds. The number of fused-ring (bicyclic) bond motifs is 1. The number of piperazine rings is 1. The number of nitrogens with zero attached hydrogens (tertiary/aromatic N) is 8. The molecule has 27 heavy (non-hydrogen) atoms. The molecule has 4 rings (SSSR count). The van der Waals surface area contributed by atoms with Gasteiger partial charge in [0, 0.05) is 44.1 Å². The highest BCUT2D eigenvalue weighted by molar-refractivity contribution is 7.99. The van der Waals surface area contributed by atoms with E-state index in [-0.39, 0.29) is 0 Å². The van der Waals surface area contributed by atoms with Crippen LogP contribution in [0.2, 0.25) is 0 Å². The Balaban J connectivity index is 1.64. The Morgan fingerprint density at radius 3 is 2.63 bits per heavy atom. The van der Waals surface area contributed by atoms with Crippen LogP contribution >= 0.6 is 11.8 Å². The average Bonchev–Trinajstić information content (AvgIpc) is 3.12. The van der Waals surface area contributed by atoms with Gasteiger partial charge in [0.15, 0.2) is 0 Å². The number of rotatable bonds is 5. The maximum absolute atomic E-state index is 4.82. The summed E-state index contributed by atoms with van der Waals surface area (Å²) in [5, 5.41) is 5.32. The summed E-state index contributed by atoms with van der Waals surface area (Å²) in [6, 6.07) is 1.93. The number of aromatic nitrogens is 6. The second-order valence-corrected chi connectivity index (χ2v) is 7.69. The van der Waals surface area contributed by atoms with Crippen LogP contribution in [0.25, 0.3) is 17.0 Å². The quantitative estimate of drug-likeness (QED) is 0.620. The van der Waals surface area contributed by atoms with Crippen molar-refractivity contribution in [3.8, 4) is 11.3 Å². The second-order valence-electron chi connectivity index (χ2n) is 6.46. The fourth-order valence-corrected chi connectivity index (χ4v) is 3.82. The molecule has 4 heterocycles. The number of hydrogen-bond donors (Lipinski definition) is 0. The highest BCUT2D eigenvalue weighted by Gasteiger charge is 2.19. The number of hydrogen-bond acceptors (Lipinski definition) is 8. The third-order valence-corrected chi connectivity index (χ3v) is 5.60. The van der Waals surface area contributed by atoms with Crippen LogP contribution in [0, 0.1) is 6.92 Å². The SMILES string of the molecule is CCSc1nc2ncc(-c3ccnc(N4CCN(CC)CC4)n3)c(C)n2n1. The molecule has 0 aromatic carbocycles. The Morgan fingerprint density at radius 2 is 1.89 bits per heavy atom. The summed E-state index contributed by atoms with van der Waals surface area (Å²) in [5.74, 6) is 2.34. The van der Waals surface area contributed by atoms with Crippen molar-refractivity contribution in [2.24, 2.45) is 0 Å². The molecule has 9 heteroatoms. The van der Waals surface area contributed by atoms with Gasteiger partial charge in [-0.05, 0) is 25.3 Å². The van der Waals surface area contributed by atoms with Gasteiger partial charge in [0.25, 0.3) is 5.78 Å². The first-order valence-electron chi connectivity index (χ1n) is 9.35. The molecule has 0 atom stereocenters. The predicted molar refractivity (Wildman–Crippen MR) is 107 cm³/mol. The van der Waals surface area contributed by atoms with Crippen molar-refractivity contribution in [1.29, 1.82) is 0 Å². The fraction of sp³-hybridized carbons (Fsp3) is 0.500. The van der Waals surface area contributed by atoms with Gasteiger partial charge in [0.2, 0.25) is 11.1 Å². The molecule has 8 nitrogen and oxygen atoms in total. The van der Waals surface area contributed by atoms with E-state index in [0.29, 0.717) is 5.78 Å². The van der Waals surface area contributed by atoms with Crippen LogP contribution in [-0.4, -0.2) is 72.9 Å². The molecule has 1 saturated heterocycles. The van der Waals surface area contributed by atoms with E-state index in [0.717, 1.165) is 66.5 Å². The average molecular weight is 385 g/mol. The van der Waals surface area contributed by atoms with Gasteiger partial charge in [-0.1, -0.05) is 25.6 Å². The van der Waals surface area contributed by atoms with E-state index < -0.39 is 0 Å². The van der Waals surface area contributed by atoms with Gasteiger partial charge < -0.3 is 9.80 Å². The Labute approximate surface area is 163 Å². The first kappa shape index (κ1) is 18.1. The summed E-state index contributed by atoms with van der Waals surface area (Å²) < 4.78 is 1.80. The first-order chi connectivity index (χ1) is 13.2. The van der Waals surface area contributed by atoms with Gasteiger partial charge in [-0.3, -0.25) is 0 Å². The summed E-state index contributed by atoms with van der Waals surface area (Å²) in [5.41, 5.74) is 2.80. The van der Waals surface area contributed by atoms with Gasteiger partial charge in [-0.2, -0.15) is 9.50 Å². The molecule has 0 unspecified atom stereocenters. The summed E-state index contributed by atoms with van der Waals surface area (Å²) in [6.45, 7) is 11.4. The molecular formula is C18H24N8S. The minimum Gasteiger partial charge on any atom is -0.338 e. The van der Waals surface area contributed by atoms with E-state index in [4.69, 9.17) is 4.98 Å². The number of anilines is 1. The molecule has 0 bridgehead atoms. The largest absolute Gasteiger partial charge is 0.338 e. The lowest BCUT2D eigenvalue weighted by atomic mass is 10.2. The van der Waals surface area contributed by atoms with Crippen molar-refractivity contribution >= 4 is 23.5 Å². The minimum atomic E-state index is 0.622. The molecule has 1 aliphatic rings. The van der Waals surface area contributed by atoms with Gasteiger partial charge in [-0.15, -0.1) is 5.10 Å². The van der Waals surface area contributed by atoms with Gasteiger partial charge in [0.1, 0.15) is 0 Å². The van der Waals surface area contributed by atoms with E-state index >= 15 is 0 Å². The summed E-state index contributed by atoms with van der Waals surface area (Å²) in [7, 11) is 0. The van der Waals surface area contributed by atoms with Crippen molar-refractivity contribution in [1.82, 2.24) is 34.4 Å². The normalized spacial score (nSPS) is 15.6. The minimum absolute atomic E-state index is 0.622. The van der Waals surface area contributed by atoms with Gasteiger partial charge in [-0.25, -0.2) is 15.0 Å². The zero-order chi connectivity index (χ0) is 18.8. The molecule has 0 saturated carbocycles.